The second-order valence-corrected chi connectivity index (χ2v) is 3.62. The maximum Gasteiger partial charge on any atom is 0.304 e. The van der Waals surface area contributed by atoms with Crippen LogP contribution in [0.3, 0.4) is 0 Å². The van der Waals surface area contributed by atoms with Gasteiger partial charge in [0.05, 0.1) is 6.42 Å². The standard InChI is InChI=1S/C5H12N2O4S/c1-2-6-12(10,11)7-4-3-5(8)9/h6-7H,2-4H2,1H3,(H,8,9). The van der Waals surface area contributed by atoms with Gasteiger partial charge in [-0.2, -0.15) is 8.42 Å². The average Bonchev–Trinajstić information content (AvgIpc) is 1.85. The summed E-state index contributed by atoms with van der Waals surface area (Å²) in [5, 5.41) is 8.18. The van der Waals surface area contributed by atoms with Crippen LogP contribution in [0.1, 0.15) is 13.3 Å². The summed E-state index contributed by atoms with van der Waals surface area (Å²) in [6.07, 6.45) is -0.218. The summed E-state index contributed by atoms with van der Waals surface area (Å²) < 4.78 is 25.8. The molecular formula is C5H12N2O4S. The Morgan fingerprint density at radius 2 is 2.00 bits per heavy atom. The van der Waals surface area contributed by atoms with Gasteiger partial charge < -0.3 is 5.11 Å². The normalized spacial score (nSPS) is 11.4. The van der Waals surface area contributed by atoms with Crippen LogP contribution in [0.15, 0.2) is 0 Å². The van der Waals surface area contributed by atoms with Crippen LogP contribution in [0.25, 0.3) is 0 Å². The molecule has 0 fully saturated rings. The molecule has 0 aromatic rings. The van der Waals surface area contributed by atoms with E-state index in [1.165, 1.54) is 0 Å². The average molecular weight is 196 g/mol. The number of hydrogen-bond acceptors (Lipinski definition) is 3. The number of hydrogen-bond donors (Lipinski definition) is 3. The molecule has 0 heterocycles. The summed E-state index contributed by atoms with van der Waals surface area (Å²) in [6.45, 7) is 1.82. The number of rotatable bonds is 6. The molecule has 0 aliphatic heterocycles. The molecule has 7 heteroatoms. The van der Waals surface area contributed by atoms with Gasteiger partial charge in [-0.25, -0.2) is 9.44 Å². The zero-order valence-corrected chi connectivity index (χ0v) is 7.52. The van der Waals surface area contributed by atoms with Crippen molar-refractivity contribution in [1.29, 1.82) is 0 Å². The van der Waals surface area contributed by atoms with Crippen molar-refractivity contribution in [2.24, 2.45) is 0 Å². The van der Waals surface area contributed by atoms with Gasteiger partial charge in [-0.05, 0) is 0 Å². The fourth-order valence-corrected chi connectivity index (χ4v) is 1.39. The summed E-state index contributed by atoms with van der Waals surface area (Å²) in [5.74, 6) is -1.03. The molecule has 72 valence electrons. The molecule has 0 aromatic carbocycles. The molecule has 3 N–H and O–H groups in total. The number of carboxylic acid groups (broad SMARTS) is 1. The monoisotopic (exact) mass is 196 g/mol. The topological polar surface area (TPSA) is 95.5 Å². The third-order valence-corrected chi connectivity index (χ3v) is 2.22. The van der Waals surface area contributed by atoms with Gasteiger partial charge in [-0.3, -0.25) is 4.79 Å². The smallest absolute Gasteiger partial charge is 0.304 e. The largest absolute Gasteiger partial charge is 0.481 e. The SMILES string of the molecule is CCNS(=O)(=O)NCCC(=O)O. The third kappa shape index (κ3) is 6.08. The number of carboxylic acids is 1. The second-order valence-electron chi connectivity index (χ2n) is 2.04. The Balaban J connectivity index is 3.69. The molecule has 0 saturated heterocycles. The maximum atomic E-state index is 10.8. The van der Waals surface area contributed by atoms with E-state index in [0.29, 0.717) is 0 Å². The van der Waals surface area contributed by atoms with Crippen molar-refractivity contribution in [1.82, 2.24) is 9.44 Å². The van der Waals surface area contributed by atoms with Crippen molar-refractivity contribution in [2.45, 2.75) is 13.3 Å². The highest BCUT2D eigenvalue weighted by Crippen LogP contribution is 1.79. The van der Waals surface area contributed by atoms with Gasteiger partial charge >= 0.3 is 5.97 Å². The van der Waals surface area contributed by atoms with Gasteiger partial charge in [0.25, 0.3) is 10.2 Å². The Bertz CT molecular complexity index is 236. The Morgan fingerprint density at radius 1 is 1.42 bits per heavy atom. The minimum atomic E-state index is -3.49. The predicted molar refractivity (Wildman–Crippen MR) is 42.9 cm³/mol. The van der Waals surface area contributed by atoms with E-state index in [-0.39, 0.29) is 19.5 Å². The summed E-state index contributed by atoms with van der Waals surface area (Å²) in [6, 6.07) is 0. The zero-order chi connectivity index (χ0) is 9.61. The van der Waals surface area contributed by atoms with E-state index in [1.807, 2.05) is 0 Å². The molecule has 0 aliphatic rings. The third-order valence-electron chi connectivity index (χ3n) is 0.965. The summed E-state index contributed by atoms with van der Waals surface area (Å²) in [4.78, 5) is 9.99. The Hall–Kier alpha value is -0.660. The van der Waals surface area contributed by atoms with Gasteiger partial charge in [-0.1, -0.05) is 6.92 Å². The lowest BCUT2D eigenvalue weighted by molar-refractivity contribution is -0.136. The fourth-order valence-electron chi connectivity index (χ4n) is 0.533. The van der Waals surface area contributed by atoms with Crippen LogP contribution in [0, 0.1) is 0 Å². The van der Waals surface area contributed by atoms with Crippen molar-refractivity contribution in [3.8, 4) is 0 Å². The second kappa shape index (κ2) is 5.07. The zero-order valence-electron chi connectivity index (χ0n) is 6.70. The van der Waals surface area contributed by atoms with E-state index in [9.17, 15) is 13.2 Å². The molecule has 0 rings (SSSR count). The summed E-state index contributed by atoms with van der Waals surface area (Å²) in [7, 11) is -3.49. The first kappa shape index (κ1) is 11.3. The Morgan fingerprint density at radius 3 is 2.42 bits per heavy atom. The lowest BCUT2D eigenvalue weighted by atomic mass is 10.5. The lowest BCUT2D eigenvalue weighted by Crippen LogP contribution is -2.37. The molecule has 0 amide bonds. The van der Waals surface area contributed by atoms with E-state index >= 15 is 0 Å². The number of aliphatic carboxylic acids is 1. The van der Waals surface area contributed by atoms with Crippen LogP contribution in [-0.4, -0.2) is 32.6 Å². The maximum absolute atomic E-state index is 10.8. The van der Waals surface area contributed by atoms with Crippen molar-refractivity contribution in [3.63, 3.8) is 0 Å². The van der Waals surface area contributed by atoms with Crippen LogP contribution in [-0.2, 0) is 15.0 Å². The number of nitrogens with one attached hydrogen (secondary N) is 2. The fraction of sp³-hybridized carbons (Fsp3) is 0.800. The van der Waals surface area contributed by atoms with Crippen LogP contribution >= 0.6 is 0 Å². The summed E-state index contributed by atoms with van der Waals surface area (Å²) >= 11 is 0. The van der Waals surface area contributed by atoms with E-state index in [2.05, 4.69) is 9.44 Å². The van der Waals surface area contributed by atoms with Gasteiger partial charge in [0.15, 0.2) is 0 Å². The molecule has 0 unspecified atom stereocenters. The first-order chi connectivity index (χ1) is 5.48. The first-order valence-corrected chi connectivity index (χ1v) is 4.92. The number of carbonyl (C=O) groups is 1. The van der Waals surface area contributed by atoms with Gasteiger partial charge in [0.2, 0.25) is 0 Å². The molecule has 0 spiro atoms. The highest BCUT2D eigenvalue weighted by Gasteiger charge is 2.06. The molecule has 0 radical (unpaired) electrons. The highest BCUT2D eigenvalue weighted by atomic mass is 32.2. The molecular weight excluding hydrogens is 184 g/mol. The molecule has 0 bridgehead atoms. The highest BCUT2D eigenvalue weighted by molar-refractivity contribution is 7.87. The van der Waals surface area contributed by atoms with E-state index in [1.54, 1.807) is 6.92 Å². The van der Waals surface area contributed by atoms with Gasteiger partial charge in [0, 0.05) is 13.1 Å². The quantitative estimate of drug-likeness (QED) is 0.502. The van der Waals surface area contributed by atoms with E-state index in [4.69, 9.17) is 5.11 Å². The van der Waals surface area contributed by atoms with E-state index < -0.39 is 16.2 Å². The van der Waals surface area contributed by atoms with Gasteiger partial charge in [-0.15, -0.1) is 0 Å². The van der Waals surface area contributed by atoms with Crippen LogP contribution < -0.4 is 9.44 Å². The molecule has 12 heavy (non-hydrogen) atoms. The Labute approximate surface area is 71.2 Å². The molecule has 6 nitrogen and oxygen atoms in total. The lowest BCUT2D eigenvalue weighted by Gasteiger charge is -2.03. The minimum Gasteiger partial charge on any atom is -0.481 e. The van der Waals surface area contributed by atoms with Crippen molar-refractivity contribution >= 4 is 16.2 Å². The predicted octanol–water partition coefficient (Wildman–Crippen LogP) is -1.09. The van der Waals surface area contributed by atoms with Crippen molar-refractivity contribution in [3.05, 3.63) is 0 Å². The van der Waals surface area contributed by atoms with E-state index in [0.717, 1.165) is 0 Å². The molecule has 0 saturated carbocycles. The van der Waals surface area contributed by atoms with Crippen LogP contribution in [0.2, 0.25) is 0 Å². The molecule has 0 atom stereocenters. The van der Waals surface area contributed by atoms with Crippen LogP contribution in [0.5, 0.6) is 0 Å². The summed E-state index contributed by atoms with van der Waals surface area (Å²) in [5.41, 5.74) is 0. The molecule has 0 aliphatic carbocycles. The first-order valence-electron chi connectivity index (χ1n) is 3.44. The van der Waals surface area contributed by atoms with Gasteiger partial charge in [0.1, 0.15) is 0 Å². The van der Waals surface area contributed by atoms with Crippen molar-refractivity contribution in [2.75, 3.05) is 13.1 Å². The minimum absolute atomic E-state index is 0.0926. The van der Waals surface area contributed by atoms with Crippen LogP contribution in [0.4, 0.5) is 0 Å². The Kier molecular flexibility index (Phi) is 4.79. The van der Waals surface area contributed by atoms with Crippen molar-refractivity contribution < 1.29 is 18.3 Å². The molecule has 0 aromatic heterocycles.